The first kappa shape index (κ1) is 21.6. The fraction of sp³-hybridized carbons (Fsp3) is 0.409. The molecule has 0 aliphatic rings. The molecule has 0 radical (unpaired) electrons. The summed E-state index contributed by atoms with van der Waals surface area (Å²) in [7, 11) is 8.86. The molecule has 2 aromatic carbocycles. The highest BCUT2D eigenvalue weighted by Gasteiger charge is 2.16. The molecule has 0 saturated carbocycles. The van der Waals surface area contributed by atoms with E-state index >= 15 is 0 Å². The third-order valence-corrected chi connectivity index (χ3v) is 4.68. The van der Waals surface area contributed by atoms with Crippen LogP contribution in [-0.2, 0) is 11.2 Å². The van der Waals surface area contributed by atoms with Crippen LogP contribution in [0.2, 0.25) is 0 Å². The van der Waals surface area contributed by atoms with Gasteiger partial charge in [0.05, 0.1) is 27.4 Å². The van der Waals surface area contributed by atoms with Crippen LogP contribution in [0, 0.1) is 0 Å². The lowest BCUT2D eigenvalue weighted by Gasteiger charge is -2.25. The Morgan fingerprint density at radius 2 is 1.75 bits per heavy atom. The van der Waals surface area contributed by atoms with Crippen LogP contribution >= 0.6 is 0 Å². The predicted molar refractivity (Wildman–Crippen MR) is 110 cm³/mol. The molecule has 1 unspecified atom stereocenters. The first-order valence-electron chi connectivity index (χ1n) is 9.26. The maximum atomic E-state index is 12.4. The Morgan fingerprint density at radius 3 is 2.39 bits per heavy atom. The van der Waals surface area contributed by atoms with Gasteiger partial charge in [0.1, 0.15) is 5.75 Å². The Labute approximate surface area is 167 Å². The van der Waals surface area contributed by atoms with Crippen molar-refractivity contribution < 1.29 is 19.0 Å². The monoisotopic (exact) mass is 386 g/mol. The summed E-state index contributed by atoms with van der Waals surface area (Å²) in [5.74, 6) is 2.18. The third kappa shape index (κ3) is 5.89. The van der Waals surface area contributed by atoms with E-state index in [2.05, 4.69) is 10.2 Å². The molecule has 6 nitrogen and oxygen atoms in total. The van der Waals surface area contributed by atoms with Gasteiger partial charge in [-0.1, -0.05) is 18.2 Å². The summed E-state index contributed by atoms with van der Waals surface area (Å²) in [6.45, 7) is 0.533. The molecule has 0 fully saturated rings. The fourth-order valence-corrected chi connectivity index (χ4v) is 3.04. The molecule has 6 heteroatoms. The lowest BCUT2D eigenvalue weighted by Crippen LogP contribution is -2.34. The van der Waals surface area contributed by atoms with Gasteiger partial charge < -0.3 is 24.4 Å². The number of hydrogen-bond acceptors (Lipinski definition) is 5. The van der Waals surface area contributed by atoms with Crippen LogP contribution in [0.4, 0.5) is 0 Å². The number of likely N-dealkylation sites (N-methyl/N-ethyl adjacent to an activating group) is 1. The molecule has 0 spiro atoms. The predicted octanol–water partition coefficient (Wildman–Crippen LogP) is 3.06. The standard InChI is InChI=1S/C22H30N2O4/c1-24(2)19(17-7-6-8-18(14-17)26-3)15-23-22(25)12-10-16-9-11-20(27-4)21(13-16)28-5/h6-9,11,13-14,19H,10,12,15H2,1-5H3,(H,23,25). The van der Waals surface area contributed by atoms with Gasteiger partial charge in [0.25, 0.3) is 0 Å². The first-order valence-corrected chi connectivity index (χ1v) is 9.26. The number of rotatable bonds is 10. The van der Waals surface area contributed by atoms with Gasteiger partial charge >= 0.3 is 0 Å². The van der Waals surface area contributed by atoms with Crippen molar-refractivity contribution in [1.82, 2.24) is 10.2 Å². The highest BCUT2D eigenvalue weighted by molar-refractivity contribution is 5.76. The van der Waals surface area contributed by atoms with Crippen LogP contribution in [0.5, 0.6) is 17.2 Å². The molecule has 1 N–H and O–H groups in total. The van der Waals surface area contributed by atoms with Crippen LogP contribution in [-0.4, -0.2) is 52.8 Å². The molecule has 152 valence electrons. The second-order valence-corrected chi connectivity index (χ2v) is 6.75. The molecule has 0 saturated heterocycles. The second kappa shape index (κ2) is 10.6. The van der Waals surface area contributed by atoms with E-state index < -0.39 is 0 Å². The molecule has 0 aromatic heterocycles. The van der Waals surface area contributed by atoms with E-state index in [4.69, 9.17) is 14.2 Å². The van der Waals surface area contributed by atoms with E-state index in [0.29, 0.717) is 30.9 Å². The third-order valence-electron chi connectivity index (χ3n) is 4.68. The minimum atomic E-state index is 0.0181. The Morgan fingerprint density at radius 1 is 1.00 bits per heavy atom. The molecule has 0 aliphatic heterocycles. The van der Waals surface area contributed by atoms with Gasteiger partial charge in [-0.2, -0.15) is 0 Å². The number of carbonyl (C=O) groups excluding carboxylic acids is 1. The average Bonchev–Trinajstić information content (AvgIpc) is 2.72. The summed E-state index contributed by atoms with van der Waals surface area (Å²) in [6, 6.07) is 13.7. The Hall–Kier alpha value is -2.73. The molecular weight excluding hydrogens is 356 g/mol. The molecule has 1 amide bonds. The summed E-state index contributed by atoms with van der Waals surface area (Å²) in [5, 5.41) is 3.04. The van der Waals surface area contributed by atoms with Gasteiger partial charge in [0.15, 0.2) is 11.5 Å². The quantitative estimate of drug-likeness (QED) is 0.680. The summed E-state index contributed by atoms with van der Waals surface area (Å²) in [6.07, 6.45) is 1.05. The van der Waals surface area contributed by atoms with Crippen LogP contribution in [0.25, 0.3) is 0 Å². The Kier molecular flexibility index (Phi) is 8.14. The number of carbonyl (C=O) groups is 1. The first-order chi connectivity index (χ1) is 13.5. The average molecular weight is 386 g/mol. The van der Waals surface area contributed by atoms with Crippen molar-refractivity contribution in [3.05, 3.63) is 53.6 Å². The number of amides is 1. The highest BCUT2D eigenvalue weighted by Crippen LogP contribution is 2.28. The van der Waals surface area contributed by atoms with Crippen molar-refractivity contribution in [3.63, 3.8) is 0 Å². The van der Waals surface area contributed by atoms with Crippen molar-refractivity contribution in [1.29, 1.82) is 0 Å². The van der Waals surface area contributed by atoms with E-state index in [-0.39, 0.29) is 11.9 Å². The van der Waals surface area contributed by atoms with Crippen LogP contribution in [0.1, 0.15) is 23.6 Å². The van der Waals surface area contributed by atoms with Crippen LogP contribution in [0.3, 0.4) is 0 Å². The van der Waals surface area contributed by atoms with Gasteiger partial charge in [-0.15, -0.1) is 0 Å². The highest BCUT2D eigenvalue weighted by atomic mass is 16.5. The molecule has 0 bridgehead atoms. The van der Waals surface area contributed by atoms with Gasteiger partial charge in [0, 0.05) is 13.0 Å². The van der Waals surface area contributed by atoms with Crippen molar-refractivity contribution in [2.24, 2.45) is 0 Å². The smallest absolute Gasteiger partial charge is 0.220 e. The number of nitrogens with zero attached hydrogens (tertiary/aromatic N) is 1. The zero-order chi connectivity index (χ0) is 20.5. The minimum absolute atomic E-state index is 0.0181. The maximum absolute atomic E-state index is 12.4. The number of aryl methyl sites for hydroxylation is 1. The molecule has 2 aromatic rings. The number of ether oxygens (including phenoxy) is 3. The van der Waals surface area contributed by atoms with E-state index in [1.165, 1.54) is 0 Å². The van der Waals surface area contributed by atoms with Gasteiger partial charge in [-0.05, 0) is 55.9 Å². The van der Waals surface area contributed by atoms with Gasteiger partial charge in [-0.25, -0.2) is 0 Å². The second-order valence-electron chi connectivity index (χ2n) is 6.75. The van der Waals surface area contributed by atoms with Crippen molar-refractivity contribution in [2.75, 3.05) is 42.0 Å². The Balaban J connectivity index is 1.92. The minimum Gasteiger partial charge on any atom is -0.497 e. The largest absolute Gasteiger partial charge is 0.497 e. The normalized spacial score (nSPS) is 11.8. The zero-order valence-corrected chi connectivity index (χ0v) is 17.3. The molecular formula is C22H30N2O4. The summed E-state index contributed by atoms with van der Waals surface area (Å²) in [5.41, 5.74) is 2.13. The van der Waals surface area contributed by atoms with Gasteiger partial charge in [0.2, 0.25) is 5.91 Å². The van der Waals surface area contributed by atoms with Crippen molar-refractivity contribution in [3.8, 4) is 17.2 Å². The number of benzene rings is 2. The van der Waals surface area contributed by atoms with E-state index in [1.807, 2.05) is 56.6 Å². The van der Waals surface area contributed by atoms with Crippen molar-refractivity contribution >= 4 is 5.91 Å². The van der Waals surface area contributed by atoms with Crippen LogP contribution < -0.4 is 19.5 Å². The Bertz CT molecular complexity index is 777. The lowest BCUT2D eigenvalue weighted by molar-refractivity contribution is -0.121. The summed E-state index contributed by atoms with van der Waals surface area (Å²) < 4.78 is 15.9. The van der Waals surface area contributed by atoms with E-state index in [1.54, 1.807) is 21.3 Å². The number of nitrogens with one attached hydrogen (secondary N) is 1. The molecule has 28 heavy (non-hydrogen) atoms. The number of methoxy groups -OCH3 is 3. The summed E-state index contributed by atoms with van der Waals surface area (Å²) >= 11 is 0. The number of hydrogen-bond donors (Lipinski definition) is 1. The lowest BCUT2D eigenvalue weighted by atomic mass is 10.1. The molecule has 1 atom stereocenters. The maximum Gasteiger partial charge on any atom is 0.220 e. The van der Waals surface area contributed by atoms with Crippen molar-refractivity contribution in [2.45, 2.75) is 18.9 Å². The fourth-order valence-electron chi connectivity index (χ4n) is 3.04. The van der Waals surface area contributed by atoms with Crippen LogP contribution in [0.15, 0.2) is 42.5 Å². The van der Waals surface area contributed by atoms with E-state index in [0.717, 1.165) is 16.9 Å². The molecule has 0 heterocycles. The van der Waals surface area contributed by atoms with Gasteiger partial charge in [-0.3, -0.25) is 4.79 Å². The molecule has 0 aliphatic carbocycles. The molecule has 2 rings (SSSR count). The SMILES string of the molecule is COc1cccc(C(CNC(=O)CCc2ccc(OC)c(OC)c2)N(C)C)c1. The zero-order valence-electron chi connectivity index (χ0n) is 17.3. The van der Waals surface area contributed by atoms with E-state index in [9.17, 15) is 4.79 Å². The summed E-state index contributed by atoms with van der Waals surface area (Å²) in [4.78, 5) is 14.5. The topological polar surface area (TPSA) is 60.0 Å².